The lowest BCUT2D eigenvalue weighted by Gasteiger charge is -2.27. The van der Waals surface area contributed by atoms with Gasteiger partial charge in [0.05, 0.1) is 0 Å². The highest BCUT2D eigenvalue weighted by atomic mass is 32.1. The third kappa shape index (κ3) is 2.32. The molecule has 1 nitrogen and oxygen atoms in total. The lowest BCUT2D eigenvalue weighted by atomic mass is 9.92. The molecule has 1 N–H and O–H groups in total. The maximum Gasteiger partial charge on any atom is 0.00673 e. The molecule has 1 aromatic heterocycles. The van der Waals surface area contributed by atoms with Gasteiger partial charge in [-0.2, -0.15) is 11.3 Å². The van der Waals surface area contributed by atoms with Crippen LogP contribution in [-0.4, -0.2) is 12.6 Å². The van der Waals surface area contributed by atoms with E-state index in [1.807, 2.05) is 0 Å². The van der Waals surface area contributed by atoms with E-state index in [0.717, 1.165) is 12.6 Å². The number of hydrogen-bond donors (Lipinski definition) is 1. The maximum absolute atomic E-state index is 3.61. The van der Waals surface area contributed by atoms with Crippen LogP contribution in [0.25, 0.3) is 0 Å². The van der Waals surface area contributed by atoms with Gasteiger partial charge in [-0.15, -0.1) is 0 Å². The molecular weight excluding hydrogens is 178 g/mol. The molecule has 0 spiro atoms. The normalized spacial score (nSPS) is 19.8. The van der Waals surface area contributed by atoms with Gasteiger partial charge in [0.2, 0.25) is 0 Å². The maximum atomic E-state index is 3.61. The Morgan fingerprint density at radius 3 is 3.00 bits per heavy atom. The van der Waals surface area contributed by atoms with Gasteiger partial charge in [0, 0.05) is 12.6 Å². The van der Waals surface area contributed by atoms with Crippen LogP contribution in [0.2, 0.25) is 0 Å². The Kier molecular flexibility index (Phi) is 3.01. The first-order valence-electron chi connectivity index (χ1n) is 5.12. The Bertz CT molecular complexity index is 239. The van der Waals surface area contributed by atoms with Crippen molar-refractivity contribution in [1.29, 1.82) is 0 Å². The van der Waals surface area contributed by atoms with Crippen molar-refractivity contribution in [3.8, 4) is 0 Å². The van der Waals surface area contributed by atoms with E-state index in [-0.39, 0.29) is 0 Å². The average Bonchev–Trinajstić information content (AvgIpc) is 2.52. The molecule has 1 atom stereocenters. The van der Waals surface area contributed by atoms with Crippen molar-refractivity contribution in [3.05, 3.63) is 22.4 Å². The summed E-state index contributed by atoms with van der Waals surface area (Å²) in [6.45, 7) is 3.44. The Morgan fingerprint density at radius 1 is 1.62 bits per heavy atom. The third-order valence-corrected chi connectivity index (χ3v) is 3.63. The van der Waals surface area contributed by atoms with E-state index in [9.17, 15) is 0 Å². The summed E-state index contributed by atoms with van der Waals surface area (Å²) in [7, 11) is 0. The van der Waals surface area contributed by atoms with Gasteiger partial charge < -0.3 is 5.32 Å². The summed E-state index contributed by atoms with van der Waals surface area (Å²) < 4.78 is 0. The second kappa shape index (κ2) is 4.25. The number of rotatable bonds is 4. The Hall–Kier alpha value is -0.340. The molecule has 1 saturated carbocycles. The largest absolute Gasteiger partial charge is 0.313 e. The van der Waals surface area contributed by atoms with Crippen molar-refractivity contribution < 1.29 is 0 Å². The van der Waals surface area contributed by atoms with Gasteiger partial charge in [0.15, 0.2) is 0 Å². The molecule has 0 aliphatic heterocycles. The van der Waals surface area contributed by atoms with Crippen LogP contribution >= 0.6 is 11.3 Å². The highest BCUT2D eigenvalue weighted by molar-refractivity contribution is 7.07. The topological polar surface area (TPSA) is 12.0 Å². The molecule has 2 rings (SSSR count). The van der Waals surface area contributed by atoms with Crippen LogP contribution < -0.4 is 5.32 Å². The standard InChI is InChI=1S/C11H17NS/c1-9(10-5-6-13-8-10)7-12-11-3-2-4-11/h5-6,8-9,11-12H,2-4,7H2,1H3. The molecule has 0 saturated heterocycles. The smallest absolute Gasteiger partial charge is 0.00673 e. The fraction of sp³-hybridized carbons (Fsp3) is 0.636. The fourth-order valence-corrected chi connectivity index (χ4v) is 2.41. The van der Waals surface area contributed by atoms with Crippen LogP contribution in [-0.2, 0) is 0 Å². The zero-order chi connectivity index (χ0) is 9.10. The summed E-state index contributed by atoms with van der Waals surface area (Å²) in [6, 6.07) is 3.05. The van der Waals surface area contributed by atoms with Crippen molar-refractivity contribution in [3.63, 3.8) is 0 Å². The molecule has 1 fully saturated rings. The summed E-state index contributed by atoms with van der Waals surface area (Å²) in [5.41, 5.74) is 1.48. The van der Waals surface area contributed by atoms with Crippen LogP contribution in [0, 0.1) is 0 Å². The minimum atomic E-state index is 0.673. The lowest BCUT2D eigenvalue weighted by molar-refractivity contribution is 0.334. The van der Waals surface area contributed by atoms with Crippen LogP contribution in [0.15, 0.2) is 16.8 Å². The molecular formula is C11H17NS. The molecule has 2 heteroatoms. The van der Waals surface area contributed by atoms with Crippen molar-refractivity contribution >= 4 is 11.3 Å². The van der Waals surface area contributed by atoms with Gasteiger partial charge in [-0.3, -0.25) is 0 Å². The van der Waals surface area contributed by atoms with Crippen LogP contribution in [0.3, 0.4) is 0 Å². The first kappa shape index (κ1) is 9.22. The van der Waals surface area contributed by atoms with Crippen LogP contribution in [0.5, 0.6) is 0 Å². The quantitative estimate of drug-likeness (QED) is 0.779. The van der Waals surface area contributed by atoms with Crippen LogP contribution in [0.4, 0.5) is 0 Å². The Morgan fingerprint density at radius 2 is 2.46 bits per heavy atom. The second-order valence-electron chi connectivity index (χ2n) is 3.99. The van der Waals surface area contributed by atoms with Crippen molar-refractivity contribution in [2.75, 3.05) is 6.54 Å². The molecule has 13 heavy (non-hydrogen) atoms. The van der Waals surface area contributed by atoms with Gasteiger partial charge in [0.1, 0.15) is 0 Å². The van der Waals surface area contributed by atoms with Gasteiger partial charge in [-0.1, -0.05) is 13.3 Å². The van der Waals surface area contributed by atoms with E-state index in [4.69, 9.17) is 0 Å². The predicted octanol–water partition coefficient (Wildman–Crippen LogP) is 2.99. The molecule has 0 aromatic carbocycles. The first-order chi connectivity index (χ1) is 6.36. The van der Waals surface area contributed by atoms with E-state index >= 15 is 0 Å². The molecule has 72 valence electrons. The zero-order valence-corrected chi connectivity index (χ0v) is 8.94. The minimum Gasteiger partial charge on any atom is -0.313 e. The summed E-state index contributed by atoms with van der Waals surface area (Å²) >= 11 is 1.79. The monoisotopic (exact) mass is 195 g/mol. The molecule has 0 radical (unpaired) electrons. The van der Waals surface area contributed by atoms with E-state index < -0.39 is 0 Å². The number of nitrogens with one attached hydrogen (secondary N) is 1. The molecule has 1 heterocycles. The van der Waals surface area contributed by atoms with E-state index in [1.54, 1.807) is 11.3 Å². The van der Waals surface area contributed by atoms with Crippen LogP contribution in [0.1, 0.15) is 37.7 Å². The van der Waals surface area contributed by atoms with E-state index in [2.05, 4.69) is 29.1 Å². The first-order valence-corrected chi connectivity index (χ1v) is 6.06. The summed E-state index contributed by atoms with van der Waals surface area (Å²) in [4.78, 5) is 0. The summed E-state index contributed by atoms with van der Waals surface area (Å²) in [6.07, 6.45) is 4.19. The van der Waals surface area contributed by atoms with Gasteiger partial charge in [0.25, 0.3) is 0 Å². The molecule has 0 bridgehead atoms. The van der Waals surface area contributed by atoms with Gasteiger partial charge in [-0.05, 0) is 41.1 Å². The van der Waals surface area contributed by atoms with Crippen molar-refractivity contribution in [2.24, 2.45) is 0 Å². The van der Waals surface area contributed by atoms with Gasteiger partial charge in [-0.25, -0.2) is 0 Å². The summed E-state index contributed by atoms with van der Waals surface area (Å²) in [5, 5.41) is 8.03. The number of hydrogen-bond acceptors (Lipinski definition) is 2. The van der Waals surface area contributed by atoms with Crippen molar-refractivity contribution in [2.45, 2.75) is 38.1 Å². The van der Waals surface area contributed by atoms with Crippen molar-refractivity contribution in [1.82, 2.24) is 5.32 Å². The Balaban J connectivity index is 1.74. The van der Waals surface area contributed by atoms with E-state index in [1.165, 1.54) is 24.8 Å². The average molecular weight is 195 g/mol. The third-order valence-electron chi connectivity index (χ3n) is 2.93. The second-order valence-corrected chi connectivity index (χ2v) is 4.77. The number of thiophene rings is 1. The zero-order valence-electron chi connectivity index (χ0n) is 8.12. The minimum absolute atomic E-state index is 0.673. The summed E-state index contributed by atoms with van der Waals surface area (Å²) in [5.74, 6) is 0.673. The highest BCUT2D eigenvalue weighted by Crippen LogP contribution is 2.21. The van der Waals surface area contributed by atoms with Gasteiger partial charge >= 0.3 is 0 Å². The highest BCUT2D eigenvalue weighted by Gasteiger charge is 2.17. The SMILES string of the molecule is CC(CNC1CCC1)c1ccsc1. The molecule has 1 unspecified atom stereocenters. The molecule has 1 aromatic rings. The molecule has 1 aliphatic rings. The molecule has 1 aliphatic carbocycles. The van der Waals surface area contributed by atoms with E-state index in [0.29, 0.717) is 5.92 Å². The fourth-order valence-electron chi connectivity index (χ4n) is 1.63. The lowest BCUT2D eigenvalue weighted by Crippen LogP contribution is -2.37. The predicted molar refractivity (Wildman–Crippen MR) is 58.4 cm³/mol. The Labute approximate surface area is 84.2 Å². The molecule has 0 amide bonds.